The molecule has 2 aromatic carbocycles. The van der Waals surface area contributed by atoms with Gasteiger partial charge in [-0.1, -0.05) is 11.6 Å². The van der Waals surface area contributed by atoms with Gasteiger partial charge in [0, 0.05) is 20.2 Å². The summed E-state index contributed by atoms with van der Waals surface area (Å²) in [4.78, 5) is 4.60. The van der Waals surface area contributed by atoms with Crippen LogP contribution in [0.15, 0.2) is 30.3 Å². The van der Waals surface area contributed by atoms with E-state index in [2.05, 4.69) is 49.2 Å². The van der Waals surface area contributed by atoms with Crippen LogP contribution in [0.3, 0.4) is 0 Å². The quantitative estimate of drug-likeness (QED) is 0.423. The van der Waals surface area contributed by atoms with Crippen molar-refractivity contribution in [2.75, 3.05) is 0 Å². The zero-order valence-corrected chi connectivity index (χ0v) is 11.8. The van der Waals surface area contributed by atoms with Crippen LogP contribution in [0.2, 0.25) is 0 Å². The van der Waals surface area contributed by atoms with E-state index in [1.54, 1.807) is 11.3 Å². The van der Waals surface area contributed by atoms with Gasteiger partial charge in [-0.05, 0) is 38.1 Å². The van der Waals surface area contributed by atoms with Gasteiger partial charge in [0.25, 0.3) is 0 Å². The molecule has 88 valence electrons. The van der Waals surface area contributed by atoms with Gasteiger partial charge in [0.1, 0.15) is 0 Å². The van der Waals surface area contributed by atoms with E-state index in [1.807, 2.05) is 11.3 Å². The summed E-state index contributed by atoms with van der Waals surface area (Å²) in [5, 5.41) is 3.85. The highest BCUT2D eigenvalue weighted by Gasteiger charge is 2.08. The fraction of sp³-hybridized carbons (Fsp3) is 0.133. The Hall–Kier alpha value is -1.45. The van der Waals surface area contributed by atoms with Gasteiger partial charge in [0.2, 0.25) is 0 Å². The minimum atomic E-state index is 1.13. The van der Waals surface area contributed by atoms with Crippen LogP contribution in [0.25, 0.3) is 30.4 Å². The van der Waals surface area contributed by atoms with Crippen molar-refractivity contribution in [2.24, 2.45) is 0 Å². The summed E-state index contributed by atoms with van der Waals surface area (Å²) >= 11 is 3.65. The minimum Gasteiger partial charge on any atom is -0.241 e. The Bertz CT molecular complexity index is 899. The van der Waals surface area contributed by atoms with E-state index in [9.17, 15) is 0 Å². The minimum absolute atomic E-state index is 1.13. The molecule has 0 amide bonds. The molecule has 4 rings (SSSR count). The van der Waals surface area contributed by atoms with E-state index in [-0.39, 0.29) is 0 Å². The Labute approximate surface area is 113 Å². The third kappa shape index (κ3) is 1.41. The lowest BCUT2D eigenvalue weighted by atomic mass is 10.1. The molecule has 0 bridgehead atoms. The molecule has 0 saturated carbocycles. The van der Waals surface area contributed by atoms with Gasteiger partial charge < -0.3 is 0 Å². The maximum atomic E-state index is 4.60. The highest BCUT2D eigenvalue weighted by atomic mass is 32.1. The average Bonchev–Trinajstić information content (AvgIpc) is 2.85. The van der Waals surface area contributed by atoms with Crippen molar-refractivity contribution < 1.29 is 0 Å². The molecule has 18 heavy (non-hydrogen) atoms. The molecule has 0 aliphatic rings. The Kier molecular flexibility index (Phi) is 2.05. The van der Waals surface area contributed by atoms with Gasteiger partial charge in [-0.25, -0.2) is 4.98 Å². The standard InChI is InChI=1S/C15H11NS2/c1-8-3-4-13-10(5-8)11-6-12-15(7-14(11)18-13)17-9(2)16-12/h3-7H,1-2H3. The molecule has 0 fully saturated rings. The highest BCUT2D eigenvalue weighted by molar-refractivity contribution is 7.26. The summed E-state index contributed by atoms with van der Waals surface area (Å²) in [5.41, 5.74) is 2.45. The Morgan fingerprint density at radius 1 is 0.833 bits per heavy atom. The number of thiazole rings is 1. The maximum Gasteiger partial charge on any atom is 0.0907 e. The zero-order valence-electron chi connectivity index (χ0n) is 10.2. The first-order chi connectivity index (χ1) is 8.70. The lowest BCUT2D eigenvalue weighted by Crippen LogP contribution is -1.72. The fourth-order valence-corrected chi connectivity index (χ4v) is 4.46. The molecule has 2 aromatic heterocycles. The van der Waals surface area contributed by atoms with Crippen molar-refractivity contribution in [3.8, 4) is 0 Å². The lowest BCUT2D eigenvalue weighted by Gasteiger charge is -1.94. The van der Waals surface area contributed by atoms with Crippen molar-refractivity contribution in [1.82, 2.24) is 4.98 Å². The second-order valence-corrected chi connectivity index (χ2v) is 6.97. The summed E-state index contributed by atoms with van der Waals surface area (Å²) < 4.78 is 4.03. The Morgan fingerprint density at radius 3 is 2.56 bits per heavy atom. The van der Waals surface area contributed by atoms with Crippen LogP contribution in [0.1, 0.15) is 10.6 Å². The predicted octanol–water partition coefficient (Wildman–Crippen LogP) is 5.28. The molecule has 0 saturated heterocycles. The van der Waals surface area contributed by atoms with Gasteiger partial charge in [-0.3, -0.25) is 0 Å². The molecule has 1 nitrogen and oxygen atoms in total. The molecule has 0 radical (unpaired) electrons. The van der Waals surface area contributed by atoms with Crippen molar-refractivity contribution in [3.63, 3.8) is 0 Å². The van der Waals surface area contributed by atoms with Crippen LogP contribution < -0.4 is 0 Å². The molecular weight excluding hydrogens is 258 g/mol. The largest absolute Gasteiger partial charge is 0.241 e. The first kappa shape index (κ1) is 10.5. The van der Waals surface area contributed by atoms with Gasteiger partial charge in [0.15, 0.2) is 0 Å². The van der Waals surface area contributed by atoms with E-state index in [0.717, 1.165) is 10.5 Å². The van der Waals surface area contributed by atoms with Crippen LogP contribution in [-0.2, 0) is 0 Å². The first-order valence-electron chi connectivity index (χ1n) is 5.91. The molecular formula is C15H11NS2. The van der Waals surface area contributed by atoms with Gasteiger partial charge in [0.05, 0.1) is 15.2 Å². The van der Waals surface area contributed by atoms with Crippen molar-refractivity contribution in [2.45, 2.75) is 13.8 Å². The summed E-state index contributed by atoms with van der Waals surface area (Å²) in [6, 6.07) is 11.2. The molecule has 0 unspecified atom stereocenters. The SMILES string of the molecule is Cc1ccc2sc3cc4sc(C)nc4cc3c2c1. The lowest BCUT2D eigenvalue weighted by molar-refractivity contribution is 1.35. The van der Waals surface area contributed by atoms with Crippen molar-refractivity contribution in [3.05, 3.63) is 40.9 Å². The third-order valence-corrected chi connectivity index (χ3v) is 5.31. The number of nitrogens with zero attached hydrogens (tertiary/aromatic N) is 1. The van der Waals surface area contributed by atoms with E-state index in [4.69, 9.17) is 0 Å². The number of fused-ring (bicyclic) bond motifs is 4. The second-order valence-electron chi connectivity index (χ2n) is 4.65. The van der Waals surface area contributed by atoms with Gasteiger partial charge in [-0.2, -0.15) is 0 Å². The normalized spacial score (nSPS) is 11.9. The van der Waals surface area contributed by atoms with Crippen LogP contribution in [0, 0.1) is 13.8 Å². The van der Waals surface area contributed by atoms with Crippen molar-refractivity contribution in [1.29, 1.82) is 0 Å². The molecule has 0 aliphatic carbocycles. The average molecular weight is 269 g/mol. The fourth-order valence-electron chi connectivity index (χ4n) is 2.43. The van der Waals surface area contributed by atoms with Gasteiger partial charge >= 0.3 is 0 Å². The van der Waals surface area contributed by atoms with E-state index >= 15 is 0 Å². The van der Waals surface area contributed by atoms with Crippen LogP contribution in [0.5, 0.6) is 0 Å². The van der Waals surface area contributed by atoms with E-state index in [1.165, 1.54) is 30.4 Å². The first-order valence-corrected chi connectivity index (χ1v) is 7.54. The number of rotatable bonds is 0. The number of aryl methyl sites for hydroxylation is 2. The number of aromatic nitrogens is 1. The smallest absolute Gasteiger partial charge is 0.0907 e. The number of benzene rings is 2. The van der Waals surface area contributed by atoms with E-state index in [0.29, 0.717) is 0 Å². The molecule has 0 spiro atoms. The zero-order chi connectivity index (χ0) is 12.3. The molecule has 4 aromatic rings. The molecule has 0 atom stereocenters. The summed E-state index contributed by atoms with van der Waals surface area (Å²) in [7, 11) is 0. The number of hydrogen-bond donors (Lipinski definition) is 0. The second kappa shape index (κ2) is 3.53. The predicted molar refractivity (Wildman–Crippen MR) is 82.0 cm³/mol. The summed E-state index contributed by atoms with van der Waals surface area (Å²) in [5.74, 6) is 0. The summed E-state index contributed by atoms with van der Waals surface area (Å²) in [6.07, 6.45) is 0. The monoisotopic (exact) mass is 269 g/mol. The topological polar surface area (TPSA) is 12.9 Å². The third-order valence-electron chi connectivity index (χ3n) is 3.24. The highest BCUT2D eigenvalue weighted by Crippen LogP contribution is 2.37. The molecule has 0 aliphatic heterocycles. The summed E-state index contributed by atoms with van der Waals surface area (Å²) in [6.45, 7) is 4.22. The van der Waals surface area contributed by atoms with Gasteiger partial charge in [-0.15, -0.1) is 22.7 Å². The van der Waals surface area contributed by atoms with Crippen LogP contribution in [0.4, 0.5) is 0 Å². The van der Waals surface area contributed by atoms with Crippen LogP contribution >= 0.6 is 22.7 Å². The van der Waals surface area contributed by atoms with Crippen LogP contribution in [-0.4, -0.2) is 4.98 Å². The molecule has 2 heterocycles. The Morgan fingerprint density at radius 2 is 1.67 bits per heavy atom. The number of thiophene rings is 1. The Balaban J connectivity index is 2.23. The molecule has 3 heteroatoms. The maximum absolute atomic E-state index is 4.60. The van der Waals surface area contributed by atoms with Crippen molar-refractivity contribution >= 4 is 53.1 Å². The molecule has 0 N–H and O–H groups in total. The number of hydrogen-bond acceptors (Lipinski definition) is 3. The van der Waals surface area contributed by atoms with E-state index < -0.39 is 0 Å².